The topological polar surface area (TPSA) is 46.5 Å². The van der Waals surface area contributed by atoms with Crippen LogP contribution in [0.3, 0.4) is 0 Å². The molecule has 0 spiro atoms. The summed E-state index contributed by atoms with van der Waals surface area (Å²) in [6.07, 6.45) is 0.128. The van der Waals surface area contributed by atoms with E-state index in [1.165, 1.54) is 0 Å². The minimum atomic E-state index is -0.708. The third-order valence-electron chi connectivity index (χ3n) is 3.68. The molecule has 2 rings (SSSR count). The Hall–Kier alpha value is -1.51. The quantitative estimate of drug-likeness (QED) is 0.889. The molecule has 1 saturated carbocycles. The van der Waals surface area contributed by atoms with Gasteiger partial charge < -0.3 is 9.84 Å². The van der Waals surface area contributed by atoms with Gasteiger partial charge in [0.15, 0.2) is 0 Å². The number of carbonyl (C=O) groups is 1. The molecule has 0 heterocycles. The molecular weight excluding hydrogens is 228 g/mol. The van der Waals surface area contributed by atoms with E-state index in [0.717, 1.165) is 11.3 Å². The lowest BCUT2D eigenvalue weighted by molar-refractivity contribution is -0.139. The number of aliphatic carboxylic acids is 1. The zero-order chi connectivity index (χ0) is 13.5. The zero-order valence-corrected chi connectivity index (χ0v) is 11.3. The second kappa shape index (κ2) is 4.30. The van der Waals surface area contributed by atoms with Gasteiger partial charge in [-0.3, -0.25) is 4.79 Å². The Kier molecular flexibility index (Phi) is 3.09. The lowest BCUT2D eigenvalue weighted by Crippen LogP contribution is -2.05. The second-order valence-electron chi connectivity index (χ2n) is 5.85. The van der Waals surface area contributed by atoms with Crippen LogP contribution in [0.4, 0.5) is 0 Å². The first-order valence-corrected chi connectivity index (χ1v) is 6.33. The Morgan fingerprint density at radius 3 is 2.56 bits per heavy atom. The van der Waals surface area contributed by atoms with Crippen molar-refractivity contribution in [2.45, 2.75) is 39.7 Å². The van der Waals surface area contributed by atoms with Crippen molar-refractivity contribution in [2.75, 3.05) is 0 Å². The van der Waals surface area contributed by atoms with Crippen LogP contribution < -0.4 is 4.74 Å². The zero-order valence-electron chi connectivity index (χ0n) is 11.3. The number of carboxylic acids is 1. The molecular formula is C15H20O3. The summed E-state index contributed by atoms with van der Waals surface area (Å²) in [7, 11) is 0. The van der Waals surface area contributed by atoms with Crippen molar-refractivity contribution in [1.29, 1.82) is 0 Å². The van der Waals surface area contributed by atoms with Crippen molar-refractivity contribution < 1.29 is 14.6 Å². The molecule has 3 nitrogen and oxygen atoms in total. The van der Waals surface area contributed by atoms with Crippen molar-refractivity contribution >= 4 is 5.97 Å². The molecule has 1 aromatic carbocycles. The maximum Gasteiger partial charge on any atom is 0.307 e. The largest absolute Gasteiger partial charge is 0.491 e. The number of carboxylic acid groups (broad SMARTS) is 1. The number of hydrogen-bond acceptors (Lipinski definition) is 2. The van der Waals surface area contributed by atoms with Crippen molar-refractivity contribution in [3.63, 3.8) is 0 Å². The third-order valence-corrected chi connectivity index (χ3v) is 3.68. The van der Waals surface area contributed by atoms with Gasteiger partial charge in [0.2, 0.25) is 0 Å². The van der Waals surface area contributed by atoms with Crippen molar-refractivity contribution in [3.05, 3.63) is 29.8 Å². The molecule has 18 heavy (non-hydrogen) atoms. The molecule has 1 aliphatic rings. The summed E-state index contributed by atoms with van der Waals surface area (Å²) in [6.45, 7) is 7.97. The fraction of sp³-hybridized carbons (Fsp3) is 0.533. The Bertz CT molecular complexity index is 463. The van der Waals surface area contributed by atoms with E-state index in [4.69, 9.17) is 4.74 Å². The molecule has 98 valence electrons. The maximum absolute atomic E-state index is 11.2. The van der Waals surface area contributed by atoms with Gasteiger partial charge in [-0.05, 0) is 37.0 Å². The Morgan fingerprint density at radius 1 is 1.39 bits per heavy atom. The Labute approximate surface area is 108 Å². The van der Waals surface area contributed by atoms with Crippen LogP contribution in [0, 0.1) is 11.3 Å². The van der Waals surface area contributed by atoms with Crippen LogP contribution in [-0.2, 0) is 4.79 Å². The van der Waals surface area contributed by atoms with Gasteiger partial charge in [-0.1, -0.05) is 26.0 Å². The lowest BCUT2D eigenvalue weighted by Gasteiger charge is -2.11. The molecule has 0 bridgehead atoms. The number of ether oxygens (including phenoxy) is 1. The number of rotatable bonds is 4. The molecule has 3 heteroatoms. The van der Waals surface area contributed by atoms with Gasteiger partial charge in [0.1, 0.15) is 5.75 Å². The molecule has 2 atom stereocenters. The Morgan fingerprint density at radius 2 is 2.06 bits per heavy atom. The minimum absolute atomic E-state index is 0.0886. The average Bonchev–Trinajstić information content (AvgIpc) is 2.81. The number of benzene rings is 1. The summed E-state index contributed by atoms with van der Waals surface area (Å²) < 4.78 is 5.65. The monoisotopic (exact) mass is 248 g/mol. The van der Waals surface area contributed by atoms with Crippen molar-refractivity contribution in [2.24, 2.45) is 11.3 Å². The SMILES string of the molecule is CC(C)Oc1cccc(C2C(C(=O)O)C2(C)C)c1. The van der Waals surface area contributed by atoms with E-state index in [1.54, 1.807) is 0 Å². The smallest absolute Gasteiger partial charge is 0.307 e. The molecule has 1 fully saturated rings. The van der Waals surface area contributed by atoms with Crippen LogP contribution in [-0.4, -0.2) is 17.2 Å². The van der Waals surface area contributed by atoms with Gasteiger partial charge in [0, 0.05) is 5.92 Å². The van der Waals surface area contributed by atoms with Gasteiger partial charge in [-0.2, -0.15) is 0 Å². The molecule has 2 unspecified atom stereocenters. The van der Waals surface area contributed by atoms with Crippen LogP contribution in [0.5, 0.6) is 5.75 Å². The first-order valence-electron chi connectivity index (χ1n) is 6.33. The summed E-state index contributed by atoms with van der Waals surface area (Å²) in [5, 5.41) is 9.20. The van der Waals surface area contributed by atoms with E-state index in [1.807, 2.05) is 52.0 Å². The van der Waals surface area contributed by atoms with Gasteiger partial charge >= 0.3 is 5.97 Å². The Balaban J connectivity index is 2.23. The first kappa shape index (κ1) is 12.9. The van der Waals surface area contributed by atoms with Crippen LogP contribution in [0.25, 0.3) is 0 Å². The first-order chi connectivity index (χ1) is 8.34. The van der Waals surface area contributed by atoms with Crippen molar-refractivity contribution in [1.82, 2.24) is 0 Å². The fourth-order valence-electron chi connectivity index (χ4n) is 2.77. The minimum Gasteiger partial charge on any atom is -0.491 e. The predicted molar refractivity (Wildman–Crippen MR) is 69.9 cm³/mol. The van der Waals surface area contributed by atoms with E-state index in [9.17, 15) is 9.90 Å². The van der Waals surface area contributed by atoms with Crippen LogP contribution in [0.15, 0.2) is 24.3 Å². The van der Waals surface area contributed by atoms with Gasteiger partial charge in [0.25, 0.3) is 0 Å². The van der Waals surface area contributed by atoms with E-state index < -0.39 is 5.97 Å². The van der Waals surface area contributed by atoms with Crippen molar-refractivity contribution in [3.8, 4) is 5.75 Å². The lowest BCUT2D eigenvalue weighted by atomic mass is 10.0. The summed E-state index contributed by atoms with van der Waals surface area (Å²) >= 11 is 0. The van der Waals surface area contributed by atoms with E-state index >= 15 is 0 Å². The molecule has 1 N–H and O–H groups in total. The molecule has 0 radical (unpaired) electrons. The average molecular weight is 248 g/mol. The standard InChI is InChI=1S/C15H20O3/c1-9(2)18-11-7-5-6-10(8-11)12-13(14(16)17)15(12,3)4/h5-9,12-13H,1-4H3,(H,16,17). The van der Waals surface area contributed by atoms with Crippen LogP contribution in [0.2, 0.25) is 0 Å². The number of hydrogen-bond donors (Lipinski definition) is 1. The molecule has 0 saturated heterocycles. The van der Waals surface area contributed by atoms with Crippen LogP contribution in [0.1, 0.15) is 39.2 Å². The van der Waals surface area contributed by atoms with Gasteiger partial charge in [0.05, 0.1) is 12.0 Å². The molecule has 0 amide bonds. The molecule has 0 aromatic heterocycles. The summed E-state index contributed by atoms with van der Waals surface area (Å²) in [6, 6.07) is 7.80. The third kappa shape index (κ3) is 2.22. The van der Waals surface area contributed by atoms with E-state index in [2.05, 4.69) is 0 Å². The molecule has 1 aromatic rings. The molecule has 1 aliphatic carbocycles. The van der Waals surface area contributed by atoms with Gasteiger partial charge in [-0.15, -0.1) is 0 Å². The summed E-state index contributed by atoms with van der Waals surface area (Å²) in [5.41, 5.74) is 0.896. The predicted octanol–water partition coefficient (Wildman–Crippen LogP) is 3.30. The highest BCUT2D eigenvalue weighted by atomic mass is 16.5. The van der Waals surface area contributed by atoms with E-state index in [0.29, 0.717) is 0 Å². The summed E-state index contributed by atoms with van der Waals surface area (Å²) in [4.78, 5) is 11.2. The fourth-order valence-corrected chi connectivity index (χ4v) is 2.77. The highest BCUT2D eigenvalue weighted by molar-refractivity contribution is 5.77. The van der Waals surface area contributed by atoms with Gasteiger partial charge in [-0.25, -0.2) is 0 Å². The van der Waals surface area contributed by atoms with E-state index in [-0.39, 0.29) is 23.4 Å². The second-order valence-corrected chi connectivity index (χ2v) is 5.85. The molecule has 0 aliphatic heterocycles. The van der Waals surface area contributed by atoms with Crippen LogP contribution >= 0.6 is 0 Å². The normalized spacial score (nSPS) is 24.9. The summed E-state index contributed by atoms with van der Waals surface area (Å²) in [5.74, 6) is -0.0907. The highest BCUT2D eigenvalue weighted by Crippen LogP contribution is 2.64. The highest BCUT2D eigenvalue weighted by Gasteiger charge is 2.62. The maximum atomic E-state index is 11.2.